The molecule has 108 valence electrons. The summed E-state index contributed by atoms with van der Waals surface area (Å²) in [6, 6.07) is 12.7. The zero-order valence-corrected chi connectivity index (χ0v) is 11.2. The van der Waals surface area contributed by atoms with Crippen LogP contribution in [0.4, 0.5) is 8.78 Å². The summed E-state index contributed by atoms with van der Waals surface area (Å²) in [6.45, 7) is 0. The molecule has 2 nitrogen and oxygen atoms in total. The molecule has 1 aliphatic rings. The molecule has 1 N–H and O–H groups in total. The van der Waals surface area contributed by atoms with E-state index in [0.29, 0.717) is 12.8 Å². The van der Waals surface area contributed by atoms with Crippen molar-refractivity contribution in [2.75, 3.05) is 0 Å². The second kappa shape index (κ2) is 4.95. The standard InChI is InChI=1S/C17H14F2O2/c18-13-6-7-14(15(19)8-13)17(16(20)21)9-12(10-17)11-4-2-1-3-5-11/h1-8,12H,9-10H2,(H,20,21). The van der Waals surface area contributed by atoms with Crippen LogP contribution in [-0.2, 0) is 10.2 Å². The Hall–Kier alpha value is -2.23. The number of halogens is 2. The van der Waals surface area contributed by atoms with Crippen LogP contribution in [0.15, 0.2) is 48.5 Å². The summed E-state index contributed by atoms with van der Waals surface area (Å²) in [6.07, 6.45) is 0.657. The van der Waals surface area contributed by atoms with E-state index in [1.807, 2.05) is 30.3 Å². The minimum absolute atomic E-state index is 0.0728. The monoisotopic (exact) mass is 288 g/mol. The van der Waals surface area contributed by atoms with Gasteiger partial charge in [-0.3, -0.25) is 4.79 Å². The lowest BCUT2D eigenvalue weighted by molar-refractivity contribution is -0.148. The van der Waals surface area contributed by atoms with E-state index in [1.165, 1.54) is 6.07 Å². The molecule has 0 aliphatic heterocycles. The molecule has 1 aliphatic carbocycles. The van der Waals surface area contributed by atoms with Crippen molar-refractivity contribution in [1.29, 1.82) is 0 Å². The SMILES string of the molecule is O=C(O)C1(c2ccc(F)cc2F)CC(c2ccccc2)C1. The first-order valence-electron chi connectivity index (χ1n) is 6.77. The third kappa shape index (κ3) is 2.20. The number of benzene rings is 2. The van der Waals surface area contributed by atoms with Gasteiger partial charge in [-0.25, -0.2) is 8.78 Å². The molecule has 4 heteroatoms. The first kappa shape index (κ1) is 13.7. The fraction of sp³-hybridized carbons (Fsp3) is 0.235. The van der Waals surface area contributed by atoms with E-state index in [4.69, 9.17) is 0 Å². The fourth-order valence-electron chi connectivity index (χ4n) is 3.13. The third-order valence-electron chi connectivity index (χ3n) is 4.32. The van der Waals surface area contributed by atoms with Gasteiger partial charge < -0.3 is 5.11 Å². The van der Waals surface area contributed by atoms with E-state index >= 15 is 0 Å². The average Bonchev–Trinajstić information content (AvgIpc) is 2.40. The maximum absolute atomic E-state index is 14.0. The van der Waals surface area contributed by atoms with Crippen molar-refractivity contribution in [3.8, 4) is 0 Å². The molecule has 0 aromatic heterocycles. The Morgan fingerprint density at radius 2 is 1.76 bits per heavy atom. The van der Waals surface area contributed by atoms with Gasteiger partial charge in [0.15, 0.2) is 0 Å². The highest BCUT2D eigenvalue weighted by Gasteiger charge is 2.53. The number of hydrogen-bond acceptors (Lipinski definition) is 1. The highest BCUT2D eigenvalue weighted by atomic mass is 19.1. The maximum atomic E-state index is 14.0. The van der Waals surface area contributed by atoms with Crippen LogP contribution in [0, 0.1) is 11.6 Å². The van der Waals surface area contributed by atoms with Crippen LogP contribution in [0.2, 0.25) is 0 Å². The van der Waals surface area contributed by atoms with Gasteiger partial charge in [0.1, 0.15) is 11.6 Å². The lowest BCUT2D eigenvalue weighted by Gasteiger charge is -2.45. The summed E-state index contributed by atoms with van der Waals surface area (Å²) in [5.74, 6) is -2.45. The molecule has 2 aromatic carbocycles. The predicted molar refractivity (Wildman–Crippen MR) is 74.1 cm³/mol. The normalized spacial score (nSPS) is 24.4. The van der Waals surface area contributed by atoms with Crippen LogP contribution < -0.4 is 0 Å². The van der Waals surface area contributed by atoms with Gasteiger partial charge in [0, 0.05) is 11.6 Å². The molecule has 1 fully saturated rings. The number of carbonyl (C=O) groups is 1. The molecule has 1 saturated carbocycles. The Morgan fingerprint density at radius 3 is 2.33 bits per heavy atom. The van der Waals surface area contributed by atoms with Gasteiger partial charge >= 0.3 is 5.97 Å². The molecule has 0 heterocycles. The number of aliphatic carboxylic acids is 1. The Kier molecular flexibility index (Phi) is 3.24. The largest absolute Gasteiger partial charge is 0.481 e. The van der Waals surface area contributed by atoms with Crippen molar-refractivity contribution in [3.63, 3.8) is 0 Å². The molecule has 3 rings (SSSR count). The molecule has 0 atom stereocenters. The molecule has 0 bridgehead atoms. The minimum atomic E-state index is -1.25. The summed E-state index contributed by atoms with van der Waals surface area (Å²) in [5, 5.41) is 9.54. The molecule has 21 heavy (non-hydrogen) atoms. The van der Waals surface area contributed by atoms with Gasteiger partial charge in [0.05, 0.1) is 5.41 Å². The number of hydrogen-bond donors (Lipinski definition) is 1. The lowest BCUT2D eigenvalue weighted by Crippen LogP contribution is -2.47. The molecule has 0 spiro atoms. The van der Waals surface area contributed by atoms with Crippen LogP contribution in [0.25, 0.3) is 0 Å². The van der Waals surface area contributed by atoms with Gasteiger partial charge in [0.2, 0.25) is 0 Å². The maximum Gasteiger partial charge on any atom is 0.314 e. The molecule has 0 radical (unpaired) electrons. The van der Waals surface area contributed by atoms with Gasteiger partial charge in [-0.2, -0.15) is 0 Å². The summed E-state index contributed by atoms with van der Waals surface area (Å²) >= 11 is 0. The van der Waals surface area contributed by atoms with Crippen LogP contribution in [-0.4, -0.2) is 11.1 Å². The number of rotatable bonds is 3. The van der Waals surface area contributed by atoms with Crippen molar-refractivity contribution in [1.82, 2.24) is 0 Å². The van der Waals surface area contributed by atoms with Crippen molar-refractivity contribution in [2.45, 2.75) is 24.2 Å². The lowest BCUT2D eigenvalue weighted by atomic mass is 9.57. The van der Waals surface area contributed by atoms with Crippen molar-refractivity contribution in [2.24, 2.45) is 0 Å². The molecular weight excluding hydrogens is 274 g/mol. The molecule has 0 saturated heterocycles. The number of carboxylic acids is 1. The van der Waals surface area contributed by atoms with Gasteiger partial charge in [0.25, 0.3) is 0 Å². The zero-order valence-electron chi connectivity index (χ0n) is 11.2. The van der Waals surface area contributed by atoms with Gasteiger partial charge in [-0.05, 0) is 30.4 Å². The topological polar surface area (TPSA) is 37.3 Å². The van der Waals surface area contributed by atoms with Crippen LogP contribution in [0.5, 0.6) is 0 Å². The molecule has 0 unspecified atom stereocenters. The van der Waals surface area contributed by atoms with Gasteiger partial charge in [-0.1, -0.05) is 36.4 Å². The van der Waals surface area contributed by atoms with E-state index in [-0.39, 0.29) is 11.5 Å². The van der Waals surface area contributed by atoms with Crippen molar-refractivity contribution >= 4 is 5.97 Å². The Balaban J connectivity index is 1.93. The van der Waals surface area contributed by atoms with Crippen LogP contribution >= 0.6 is 0 Å². The first-order valence-corrected chi connectivity index (χ1v) is 6.77. The van der Waals surface area contributed by atoms with E-state index in [1.54, 1.807) is 0 Å². The minimum Gasteiger partial charge on any atom is -0.481 e. The van der Waals surface area contributed by atoms with E-state index in [0.717, 1.165) is 17.7 Å². The quantitative estimate of drug-likeness (QED) is 0.931. The second-order valence-corrected chi connectivity index (χ2v) is 5.53. The molecular formula is C17H14F2O2. The van der Waals surface area contributed by atoms with E-state index in [2.05, 4.69) is 0 Å². The van der Waals surface area contributed by atoms with Crippen LogP contribution in [0.1, 0.15) is 29.9 Å². The zero-order chi connectivity index (χ0) is 15.0. The molecule has 0 amide bonds. The summed E-state index contributed by atoms with van der Waals surface area (Å²) in [7, 11) is 0. The van der Waals surface area contributed by atoms with Crippen molar-refractivity contribution in [3.05, 3.63) is 71.3 Å². The fourth-order valence-corrected chi connectivity index (χ4v) is 3.13. The third-order valence-corrected chi connectivity index (χ3v) is 4.32. The first-order chi connectivity index (χ1) is 10.0. The van der Waals surface area contributed by atoms with Crippen LogP contribution in [0.3, 0.4) is 0 Å². The van der Waals surface area contributed by atoms with E-state index < -0.39 is 23.0 Å². The summed E-state index contributed by atoms with van der Waals surface area (Å²) < 4.78 is 27.0. The van der Waals surface area contributed by atoms with E-state index in [9.17, 15) is 18.7 Å². The number of carboxylic acid groups (broad SMARTS) is 1. The highest BCUT2D eigenvalue weighted by molar-refractivity contribution is 5.83. The smallest absolute Gasteiger partial charge is 0.314 e. The van der Waals surface area contributed by atoms with Gasteiger partial charge in [-0.15, -0.1) is 0 Å². The second-order valence-electron chi connectivity index (χ2n) is 5.53. The Labute approximate surface area is 121 Å². The molecule has 2 aromatic rings. The predicted octanol–water partition coefficient (Wildman–Crippen LogP) is 3.86. The Bertz CT molecular complexity index is 676. The summed E-state index contributed by atoms with van der Waals surface area (Å²) in [5.41, 5.74) is -0.126. The Morgan fingerprint density at radius 1 is 1.10 bits per heavy atom. The summed E-state index contributed by atoms with van der Waals surface area (Å²) in [4.78, 5) is 11.7. The highest BCUT2D eigenvalue weighted by Crippen LogP contribution is 2.53. The average molecular weight is 288 g/mol. The van der Waals surface area contributed by atoms with Crippen molar-refractivity contribution < 1.29 is 18.7 Å².